The topological polar surface area (TPSA) is 68.5 Å². The van der Waals surface area contributed by atoms with Crippen molar-refractivity contribution in [2.45, 2.75) is 19.6 Å². The minimum absolute atomic E-state index is 0.146. The van der Waals surface area contributed by atoms with Gasteiger partial charge in [0, 0.05) is 18.3 Å². The summed E-state index contributed by atoms with van der Waals surface area (Å²) in [6.45, 7) is 0.807. The summed E-state index contributed by atoms with van der Waals surface area (Å²) < 4.78 is 42.2. The maximum absolute atomic E-state index is 12.1. The van der Waals surface area contributed by atoms with Crippen LogP contribution in [0.15, 0.2) is 35.1 Å². The van der Waals surface area contributed by atoms with Crippen molar-refractivity contribution >= 4 is 21.4 Å². The number of hydrogen-bond acceptors (Lipinski definition) is 6. The number of fused-ring (bicyclic) bond motifs is 1. The summed E-state index contributed by atoms with van der Waals surface area (Å²) in [4.78, 5) is 16.5. The van der Waals surface area contributed by atoms with E-state index in [2.05, 4.69) is 20.1 Å². The Balaban J connectivity index is 1.64. The second kappa shape index (κ2) is 6.71. The molecule has 0 saturated heterocycles. The van der Waals surface area contributed by atoms with Crippen molar-refractivity contribution in [3.8, 4) is 5.75 Å². The number of rotatable bonds is 5. The van der Waals surface area contributed by atoms with Gasteiger partial charge in [-0.1, -0.05) is 23.5 Å². The monoisotopic (exact) mass is 370 g/mol. The number of halogens is 3. The van der Waals surface area contributed by atoms with Crippen LogP contribution in [0.3, 0.4) is 0 Å². The Morgan fingerprint density at radius 2 is 2.00 bits per heavy atom. The molecule has 0 atom stereocenters. The van der Waals surface area contributed by atoms with E-state index in [0.717, 1.165) is 5.56 Å². The Morgan fingerprint density at radius 3 is 2.68 bits per heavy atom. The highest BCUT2D eigenvalue weighted by Crippen LogP contribution is 2.20. The van der Waals surface area contributed by atoms with Crippen molar-refractivity contribution in [3.63, 3.8) is 0 Å². The third-order valence-electron chi connectivity index (χ3n) is 3.14. The van der Waals surface area contributed by atoms with Crippen LogP contribution < -0.4 is 15.6 Å². The van der Waals surface area contributed by atoms with E-state index in [-0.39, 0.29) is 11.3 Å². The molecule has 6 nitrogen and oxygen atoms in total. The van der Waals surface area contributed by atoms with Gasteiger partial charge in [-0.05, 0) is 24.6 Å². The van der Waals surface area contributed by atoms with Gasteiger partial charge in [0.2, 0.25) is 10.1 Å². The smallest absolute Gasteiger partial charge is 0.422 e. The number of anilines is 1. The van der Waals surface area contributed by atoms with Gasteiger partial charge in [-0.15, -0.1) is 5.10 Å². The van der Waals surface area contributed by atoms with Crippen molar-refractivity contribution in [1.82, 2.24) is 14.6 Å². The average molecular weight is 370 g/mol. The maximum atomic E-state index is 12.1. The van der Waals surface area contributed by atoms with Crippen LogP contribution in [0.5, 0.6) is 5.75 Å². The number of benzene rings is 1. The molecule has 0 fully saturated rings. The van der Waals surface area contributed by atoms with E-state index in [4.69, 9.17) is 0 Å². The van der Waals surface area contributed by atoms with Crippen LogP contribution in [-0.4, -0.2) is 27.4 Å². The molecule has 0 saturated carbocycles. The number of nitrogens with zero attached hydrogens (tertiary/aromatic N) is 3. The standard InChI is InChI=1S/C15H13F3N4O2S/c1-9-6-12(23)22-14(20-9)25-13(21-22)19-7-10-2-4-11(5-3-10)24-8-15(16,17)18/h2-6H,7-8H2,1H3,(H,19,21). The van der Waals surface area contributed by atoms with E-state index in [1.165, 1.54) is 34.1 Å². The van der Waals surface area contributed by atoms with E-state index < -0.39 is 12.8 Å². The molecule has 0 spiro atoms. The minimum Gasteiger partial charge on any atom is -0.484 e. The first-order chi connectivity index (χ1) is 11.8. The molecule has 0 unspecified atom stereocenters. The summed E-state index contributed by atoms with van der Waals surface area (Å²) >= 11 is 1.24. The van der Waals surface area contributed by atoms with E-state index >= 15 is 0 Å². The van der Waals surface area contributed by atoms with Gasteiger partial charge in [0.25, 0.3) is 5.56 Å². The molecular weight excluding hydrogens is 357 g/mol. The van der Waals surface area contributed by atoms with Crippen molar-refractivity contribution in [1.29, 1.82) is 0 Å². The van der Waals surface area contributed by atoms with Crippen LogP contribution in [-0.2, 0) is 6.54 Å². The number of ether oxygens (including phenoxy) is 1. The normalized spacial score (nSPS) is 11.7. The first-order valence-corrected chi connectivity index (χ1v) is 8.02. The molecule has 3 aromatic rings. The van der Waals surface area contributed by atoms with E-state index in [1.807, 2.05) is 0 Å². The van der Waals surface area contributed by atoms with E-state index in [1.54, 1.807) is 19.1 Å². The highest BCUT2D eigenvalue weighted by molar-refractivity contribution is 7.20. The van der Waals surface area contributed by atoms with Gasteiger partial charge >= 0.3 is 6.18 Å². The lowest BCUT2D eigenvalue weighted by Gasteiger charge is -2.09. The van der Waals surface area contributed by atoms with Crippen LogP contribution in [0.4, 0.5) is 18.3 Å². The van der Waals surface area contributed by atoms with E-state index in [0.29, 0.717) is 22.3 Å². The molecule has 0 amide bonds. The number of nitrogens with one attached hydrogen (secondary N) is 1. The summed E-state index contributed by atoms with van der Waals surface area (Å²) in [7, 11) is 0. The summed E-state index contributed by atoms with van der Waals surface area (Å²) in [5, 5.41) is 7.72. The number of alkyl halides is 3. The molecular formula is C15H13F3N4O2S. The first kappa shape index (κ1) is 17.2. The zero-order valence-corrected chi connectivity index (χ0v) is 13.8. The maximum Gasteiger partial charge on any atom is 0.422 e. The zero-order valence-electron chi connectivity index (χ0n) is 13.0. The predicted molar refractivity (Wildman–Crippen MR) is 87.2 cm³/mol. The summed E-state index contributed by atoms with van der Waals surface area (Å²) in [5.41, 5.74) is 1.20. The molecule has 0 aliphatic carbocycles. The Bertz CT molecular complexity index is 935. The highest BCUT2D eigenvalue weighted by atomic mass is 32.1. The van der Waals surface area contributed by atoms with Gasteiger partial charge in [-0.25, -0.2) is 4.98 Å². The molecule has 1 N–H and O–H groups in total. The van der Waals surface area contributed by atoms with Crippen LogP contribution in [0.25, 0.3) is 4.96 Å². The average Bonchev–Trinajstić information content (AvgIpc) is 2.94. The van der Waals surface area contributed by atoms with Gasteiger partial charge in [0.05, 0.1) is 0 Å². The molecule has 10 heteroatoms. The third-order valence-corrected chi connectivity index (χ3v) is 4.01. The fourth-order valence-electron chi connectivity index (χ4n) is 2.04. The lowest BCUT2D eigenvalue weighted by molar-refractivity contribution is -0.153. The number of aryl methyl sites for hydroxylation is 1. The predicted octanol–water partition coefficient (Wildman–Crippen LogP) is 3.01. The lowest BCUT2D eigenvalue weighted by atomic mass is 10.2. The minimum atomic E-state index is -4.36. The second-order valence-electron chi connectivity index (χ2n) is 5.24. The van der Waals surface area contributed by atoms with Crippen molar-refractivity contribution in [2.75, 3.05) is 11.9 Å². The van der Waals surface area contributed by atoms with E-state index in [9.17, 15) is 18.0 Å². The van der Waals surface area contributed by atoms with Crippen LogP contribution in [0, 0.1) is 6.92 Å². The molecule has 0 bridgehead atoms. The third kappa shape index (κ3) is 4.47. The van der Waals surface area contributed by atoms with Crippen molar-refractivity contribution in [3.05, 3.63) is 51.9 Å². The Kier molecular flexibility index (Phi) is 4.62. The summed E-state index contributed by atoms with van der Waals surface area (Å²) in [6.07, 6.45) is -4.36. The van der Waals surface area contributed by atoms with Gasteiger partial charge < -0.3 is 10.1 Å². The molecule has 1 aromatic carbocycles. The van der Waals surface area contributed by atoms with Gasteiger partial charge in [0.15, 0.2) is 6.61 Å². The summed E-state index contributed by atoms with van der Waals surface area (Å²) in [5.74, 6) is 0.146. The van der Waals surface area contributed by atoms with Crippen molar-refractivity contribution < 1.29 is 17.9 Å². The Hall–Kier alpha value is -2.62. The zero-order chi connectivity index (χ0) is 18.0. The first-order valence-electron chi connectivity index (χ1n) is 7.20. The molecule has 0 radical (unpaired) electrons. The Labute approximate surface area is 143 Å². The molecule has 25 heavy (non-hydrogen) atoms. The van der Waals surface area contributed by atoms with Crippen LogP contribution >= 0.6 is 11.3 Å². The molecule has 0 aliphatic rings. The molecule has 3 rings (SSSR count). The summed E-state index contributed by atoms with van der Waals surface area (Å²) in [6, 6.07) is 7.64. The van der Waals surface area contributed by atoms with Crippen LogP contribution in [0.1, 0.15) is 11.3 Å². The largest absolute Gasteiger partial charge is 0.484 e. The molecule has 132 valence electrons. The second-order valence-corrected chi connectivity index (χ2v) is 6.19. The quantitative estimate of drug-likeness (QED) is 0.748. The van der Waals surface area contributed by atoms with Gasteiger partial charge in [-0.2, -0.15) is 17.7 Å². The Morgan fingerprint density at radius 1 is 1.28 bits per heavy atom. The molecule has 0 aliphatic heterocycles. The number of hydrogen-bond donors (Lipinski definition) is 1. The highest BCUT2D eigenvalue weighted by Gasteiger charge is 2.28. The van der Waals surface area contributed by atoms with Gasteiger partial charge in [0.1, 0.15) is 5.75 Å². The molecule has 2 aromatic heterocycles. The number of aromatic nitrogens is 3. The van der Waals surface area contributed by atoms with Crippen molar-refractivity contribution in [2.24, 2.45) is 0 Å². The van der Waals surface area contributed by atoms with Crippen LogP contribution in [0.2, 0.25) is 0 Å². The fraction of sp³-hybridized carbons (Fsp3) is 0.267. The molecule has 2 heterocycles. The lowest BCUT2D eigenvalue weighted by Crippen LogP contribution is -2.19. The van der Waals surface area contributed by atoms with Gasteiger partial charge in [-0.3, -0.25) is 4.79 Å². The SMILES string of the molecule is Cc1cc(=O)n2nc(NCc3ccc(OCC(F)(F)F)cc3)sc2n1. The fourth-order valence-corrected chi connectivity index (χ4v) is 2.88.